The topological polar surface area (TPSA) is 80.3 Å². The smallest absolute Gasteiger partial charge is 0.104 e. The normalized spacial score (nSPS) is 11.7. The Hall–Kier alpha value is -1.92. The Bertz CT molecular complexity index is 842. The molecule has 0 heterocycles. The van der Waals surface area contributed by atoms with Crippen molar-refractivity contribution in [1.82, 2.24) is 0 Å². The van der Waals surface area contributed by atoms with Crippen molar-refractivity contribution in [1.29, 1.82) is 0 Å². The average Bonchev–Trinajstić information content (AvgIpc) is 3.02. The van der Waals surface area contributed by atoms with Gasteiger partial charge in [-0.3, -0.25) is 0 Å². The number of hydrogen-bond donors (Lipinski definition) is 0. The molecule has 0 unspecified atom stereocenters. The van der Waals surface area contributed by atoms with Crippen molar-refractivity contribution in [3.8, 4) is 0 Å². The molecular formula is C42H78N2O4. The van der Waals surface area contributed by atoms with Crippen LogP contribution in [0, 0.1) is 0 Å². The van der Waals surface area contributed by atoms with Crippen LogP contribution in [0.4, 0.5) is 0 Å². The standard InChI is InChI=1S/C36H70N2.C6H10O4/c1-7-9-11-13-15-17-19-21-23-27-31-37(3,4)33-35-29-25-26-30-36(35)34-38(5,6)32-28-24-22-20-18-16-14-12-10-8-2;7-5(8)3-1-2-4-6(9)10/h25-26,29-30H,7-24,27-28,31-34H2,1-6H3;1-4H2,(H,7,8)(H,9,10)/q+2;/p-2. The van der Waals surface area contributed by atoms with Gasteiger partial charge in [-0.25, -0.2) is 0 Å². The summed E-state index contributed by atoms with van der Waals surface area (Å²) in [6.07, 6.45) is 28.9. The summed E-state index contributed by atoms with van der Waals surface area (Å²) < 4.78 is 2.22. The van der Waals surface area contributed by atoms with Gasteiger partial charge in [0.1, 0.15) is 13.1 Å². The Balaban J connectivity index is 0.00000190. The van der Waals surface area contributed by atoms with Crippen molar-refractivity contribution in [2.45, 2.75) is 181 Å². The number of carbonyl (C=O) groups excluding carboxylic acids is 2. The van der Waals surface area contributed by atoms with Crippen LogP contribution in [-0.4, -0.2) is 62.2 Å². The Kier molecular flexibility index (Phi) is 28.8. The van der Waals surface area contributed by atoms with Crippen LogP contribution in [0.1, 0.15) is 179 Å². The van der Waals surface area contributed by atoms with Crippen LogP contribution in [0.5, 0.6) is 0 Å². The maximum atomic E-state index is 9.77. The first-order valence-electron chi connectivity index (χ1n) is 20.0. The first-order valence-corrected chi connectivity index (χ1v) is 20.0. The SMILES string of the molecule is CCCCCCCCCCCC[N+](C)(C)Cc1ccccc1C[N+](C)(C)CCCCCCCCCCCC.O=C([O-])CCCCC(=O)[O-]. The molecule has 0 aromatic heterocycles. The molecule has 0 N–H and O–H groups in total. The third-order valence-corrected chi connectivity index (χ3v) is 9.56. The molecule has 0 amide bonds. The van der Waals surface area contributed by atoms with Crippen LogP contribution >= 0.6 is 0 Å². The molecule has 0 aliphatic heterocycles. The summed E-state index contributed by atoms with van der Waals surface area (Å²) in [7, 11) is 9.76. The van der Waals surface area contributed by atoms with E-state index >= 15 is 0 Å². The third-order valence-electron chi connectivity index (χ3n) is 9.56. The van der Waals surface area contributed by atoms with Crippen molar-refractivity contribution in [2.75, 3.05) is 41.3 Å². The van der Waals surface area contributed by atoms with Crippen LogP contribution in [0.15, 0.2) is 24.3 Å². The largest absolute Gasteiger partial charge is 0.550 e. The lowest BCUT2D eigenvalue weighted by molar-refractivity contribution is -0.907. The van der Waals surface area contributed by atoms with E-state index < -0.39 is 11.9 Å². The monoisotopic (exact) mass is 675 g/mol. The van der Waals surface area contributed by atoms with E-state index in [1.165, 1.54) is 142 Å². The molecule has 6 nitrogen and oxygen atoms in total. The van der Waals surface area contributed by atoms with E-state index in [1.54, 1.807) is 11.1 Å². The van der Waals surface area contributed by atoms with Crippen LogP contribution in [-0.2, 0) is 22.7 Å². The second kappa shape index (κ2) is 29.9. The number of nitrogens with zero attached hydrogens (tertiary/aromatic N) is 2. The van der Waals surface area contributed by atoms with Crippen LogP contribution in [0.25, 0.3) is 0 Å². The van der Waals surface area contributed by atoms with E-state index in [-0.39, 0.29) is 12.8 Å². The lowest BCUT2D eigenvalue weighted by Gasteiger charge is -2.33. The molecule has 0 radical (unpaired) electrons. The van der Waals surface area contributed by atoms with E-state index in [2.05, 4.69) is 66.3 Å². The maximum Gasteiger partial charge on any atom is 0.104 e. The van der Waals surface area contributed by atoms with Crippen LogP contribution < -0.4 is 10.2 Å². The van der Waals surface area contributed by atoms with Crippen LogP contribution in [0.2, 0.25) is 0 Å². The maximum absolute atomic E-state index is 9.77. The predicted octanol–water partition coefficient (Wildman–Crippen LogP) is 8.73. The van der Waals surface area contributed by atoms with E-state index in [4.69, 9.17) is 0 Å². The molecule has 0 bridgehead atoms. The number of benzene rings is 1. The van der Waals surface area contributed by atoms with Gasteiger partial charge in [0.15, 0.2) is 0 Å². The molecular weight excluding hydrogens is 596 g/mol. The van der Waals surface area contributed by atoms with Crippen molar-refractivity contribution in [2.24, 2.45) is 0 Å². The van der Waals surface area contributed by atoms with Crippen molar-refractivity contribution in [3.63, 3.8) is 0 Å². The lowest BCUT2D eigenvalue weighted by atomic mass is 10.0. The summed E-state index contributed by atoms with van der Waals surface area (Å²) in [5.74, 6) is -2.28. The summed E-state index contributed by atoms with van der Waals surface area (Å²) >= 11 is 0. The molecule has 0 atom stereocenters. The fraction of sp³-hybridized carbons (Fsp3) is 0.810. The molecule has 1 aromatic rings. The molecule has 0 aliphatic rings. The molecule has 48 heavy (non-hydrogen) atoms. The highest BCUT2D eigenvalue weighted by atomic mass is 16.4. The summed E-state index contributed by atoms with van der Waals surface area (Å²) in [6, 6.07) is 9.30. The van der Waals surface area contributed by atoms with Gasteiger partial charge >= 0.3 is 0 Å². The van der Waals surface area contributed by atoms with Gasteiger partial charge in [0.25, 0.3) is 0 Å². The van der Waals surface area contributed by atoms with Gasteiger partial charge in [-0.05, 0) is 51.4 Å². The Morgan fingerprint density at radius 2 is 0.729 bits per heavy atom. The van der Waals surface area contributed by atoms with Gasteiger partial charge < -0.3 is 28.8 Å². The first-order chi connectivity index (χ1) is 22.9. The summed E-state index contributed by atoms with van der Waals surface area (Å²) in [6.45, 7) is 9.51. The van der Waals surface area contributed by atoms with E-state index in [0.29, 0.717) is 12.8 Å². The molecule has 6 heteroatoms. The molecule has 280 valence electrons. The van der Waals surface area contributed by atoms with E-state index in [1.807, 2.05) is 0 Å². The number of carboxylic acid groups (broad SMARTS) is 2. The zero-order valence-electron chi connectivity index (χ0n) is 32.6. The number of hydrogen-bond acceptors (Lipinski definition) is 4. The van der Waals surface area contributed by atoms with Crippen molar-refractivity contribution in [3.05, 3.63) is 35.4 Å². The highest BCUT2D eigenvalue weighted by Crippen LogP contribution is 2.21. The molecule has 1 rings (SSSR count). The van der Waals surface area contributed by atoms with Gasteiger partial charge in [0.05, 0.1) is 41.3 Å². The highest BCUT2D eigenvalue weighted by Gasteiger charge is 2.22. The molecule has 0 saturated carbocycles. The Labute approximate surface area is 297 Å². The number of unbranched alkanes of at least 4 members (excludes halogenated alkanes) is 19. The highest BCUT2D eigenvalue weighted by molar-refractivity contribution is 5.65. The molecule has 0 aliphatic carbocycles. The number of aliphatic carboxylic acids is 2. The summed E-state index contributed by atoms with van der Waals surface area (Å²) in [5, 5.41) is 19.5. The second-order valence-corrected chi connectivity index (χ2v) is 15.7. The van der Waals surface area contributed by atoms with Gasteiger partial charge in [-0.2, -0.15) is 0 Å². The molecule has 0 fully saturated rings. The Morgan fingerprint density at radius 3 is 1.00 bits per heavy atom. The molecule has 0 spiro atoms. The van der Waals surface area contributed by atoms with Gasteiger partial charge in [-0.15, -0.1) is 0 Å². The fourth-order valence-corrected chi connectivity index (χ4v) is 6.54. The molecule has 0 saturated heterocycles. The minimum absolute atomic E-state index is 0.0761. The average molecular weight is 675 g/mol. The third kappa shape index (κ3) is 30.2. The first kappa shape index (κ1) is 46.1. The van der Waals surface area contributed by atoms with Gasteiger partial charge in [0.2, 0.25) is 0 Å². The summed E-state index contributed by atoms with van der Waals surface area (Å²) in [5.41, 5.74) is 3.14. The fourth-order valence-electron chi connectivity index (χ4n) is 6.54. The lowest BCUT2D eigenvalue weighted by Crippen LogP contribution is -2.42. The number of quaternary nitrogens is 2. The van der Waals surface area contributed by atoms with E-state index in [0.717, 1.165) is 22.1 Å². The molecule has 1 aromatic carbocycles. The number of carbonyl (C=O) groups is 2. The predicted molar refractivity (Wildman–Crippen MR) is 200 cm³/mol. The Morgan fingerprint density at radius 1 is 0.458 bits per heavy atom. The van der Waals surface area contributed by atoms with Crippen LogP contribution in [0.3, 0.4) is 0 Å². The van der Waals surface area contributed by atoms with Gasteiger partial charge in [-0.1, -0.05) is 141 Å². The minimum Gasteiger partial charge on any atom is -0.550 e. The van der Waals surface area contributed by atoms with Gasteiger partial charge in [0, 0.05) is 23.1 Å². The van der Waals surface area contributed by atoms with E-state index in [9.17, 15) is 19.8 Å². The zero-order chi connectivity index (χ0) is 35.9. The van der Waals surface area contributed by atoms with Crippen molar-refractivity contribution >= 4 is 11.9 Å². The summed E-state index contributed by atoms with van der Waals surface area (Å²) in [4.78, 5) is 19.5. The minimum atomic E-state index is -1.14. The van der Waals surface area contributed by atoms with Crippen molar-refractivity contribution < 1.29 is 28.8 Å². The quantitative estimate of drug-likeness (QED) is 0.0583. The number of rotatable bonds is 31. The number of carboxylic acids is 2. The second-order valence-electron chi connectivity index (χ2n) is 15.7. The zero-order valence-corrected chi connectivity index (χ0v) is 32.6.